The first-order valence-electron chi connectivity index (χ1n) is 6.70. The third-order valence-electron chi connectivity index (χ3n) is 3.49. The van der Waals surface area contributed by atoms with Gasteiger partial charge in [0.25, 0.3) is 0 Å². The molecule has 3 N–H and O–H groups in total. The van der Waals surface area contributed by atoms with Crippen molar-refractivity contribution in [3.63, 3.8) is 0 Å². The average Bonchev–Trinajstić information content (AvgIpc) is 2.64. The van der Waals surface area contributed by atoms with E-state index in [-0.39, 0.29) is 22.7 Å². The van der Waals surface area contributed by atoms with Gasteiger partial charge >= 0.3 is 5.97 Å². The Balaban J connectivity index is 2.92. The van der Waals surface area contributed by atoms with Crippen molar-refractivity contribution in [2.24, 2.45) is 0 Å². The molecule has 0 aromatic carbocycles. The highest BCUT2D eigenvalue weighted by molar-refractivity contribution is 7.89. The number of aryl methyl sites for hydroxylation is 1. The molecular weight excluding hydrogens is 294 g/mol. The minimum Gasteiger partial charge on any atom is -0.477 e. The van der Waals surface area contributed by atoms with Crippen LogP contribution in [0, 0.1) is 13.8 Å². The fourth-order valence-electron chi connectivity index (χ4n) is 2.04. The average molecular weight is 317 g/mol. The van der Waals surface area contributed by atoms with Crippen LogP contribution in [0.1, 0.15) is 35.6 Å². The van der Waals surface area contributed by atoms with E-state index in [1.54, 1.807) is 6.92 Å². The molecule has 0 saturated carbocycles. The van der Waals surface area contributed by atoms with Crippen molar-refractivity contribution in [1.29, 1.82) is 0 Å². The Hall–Kier alpha value is -1.38. The van der Waals surface area contributed by atoms with Crippen LogP contribution >= 0.6 is 0 Å². The smallest absolute Gasteiger partial charge is 0.352 e. The molecule has 0 atom stereocenters. The molecule has 7 nitrogen and oxygen atoms in total. The minimum atomic E-state index is -3.73. The summed E-state index contributed by atoms with van der Waals surface area (Å²) in [5, 5.41) is 9.03. The lowest BCUT2D eigenvalue weighted by Crippen LogP contribution is -2.36. The maximum Gasteiger partial charge on any atom is 0.352 e. The number of aromatic carboxylic acids is 1. The van der Waals surface area contributed by atoms with Crippen LogP contribution in [0.3, 0.4) is 0 Å². The Labute approximate surface area is 125 Å². The molecule has 0 aliphatic rings. The number of aromatic nitrogens is 1. The predicted molar refractivity (Wildman–Crippen MR) is 80.2 cm³/mol. The molecule has 1 aromatic rings. The van der Waals surface area contributed by atoms with Crippen molar-refractivity contribution in [3.8, 4) is 0 Å². The number of H-pyrrole nitrogens is 1. The van der Waals surface area contributed by atoms with E-state index in [2.05, 4.69) is 9.71 Å². The van der Waals surface area contributed by atoms with E-state index in [0.717, 1.165) is 0 Å². The zero-order chi connectivity index (χ0) is 16.4. The Bertz CT molecular complexity index is 620. The van der Waals surface area contributed by atoms with Gasteiger partial charge in [0, 0.05) is 30.4 Å². The van der Waals surface area contributed by atoms with Crippen molar-refractivity contribution < 1.29 is 18.3 Å². The van der Waals surface area contributed by atoms with Crippen molar-refractivity contribution in [2.75, 3.05) is 20.1 Å². The molecule has 0 aliphatic heterocycles. The summed E-state index contributed by atoms with van der Waals surface area (Å²) in [5.41, 5.74) is 0.464. The number of carboxylic acid groups (broad SMARTS) is 1. The van der Waals surface area contributed by atoms with Gasteiger partial charge < -0.3 is 15.0 Å². The minimum absolute atomic E-state index is 0.0205. The first-order valence-corrected chi connectivity index (χ1v) is 8.18. The van der Waals surface area contributed by atoms with Crippen molar-refractivity contribution in [2.45, 2.75) is 38.6 Å². The van der Waals surface area contributed by atoms with Gasteiger partial charge in [-0.25, -0.2) is 17.9 Å². The van der Waals surface area contributed by atoms with Crippen molar-refractivity contribution >= 4 is 16.0 Å². The standard InChI is InChI=1S/C13H23N3O4S/c1-8(2)16(5)7-6-14-21(19,20)12-9(3)11(13(17)18)15-10(12)4/h8,14-15H,6-7H2,1-5H3,(H,17,18). The highest BCUT2D eigenvalue weighted by atomic mass is 32.2. The summed E-state index contributed by atoms with van der Waals surface area (Å²) < 4.78 is 27.1. The topological polar surface area (TPSA) is 102 Å². The third kappa shape index (κ3) is 4.05. The molecule has 1 heterocycles. The molecule has 120 valence electrons. The first kappa shape index (κ1) is 17.7. The Morgan fingerprint density at radius 2 is 1.95 bits per heavy atom. The Morgan fingerprint density at radius 1 is 1.38 bits per heavy atom. The summed E-state index contributed by atoms with van der Waals surface area (Å²) >= 11 is 0. The van der Waals surface area contributed by atoms with Crippen LogP contribution in [-0.4, -0.2) is 55.6 Å². The van der Waals surface area contributed by atoms with Gasteiger partial charge in [0.2, 0.25) is 10.0 Å². The summed E-state index contributed by atoms with van der Waals surface area (Å²) in [6.45, 7) is 7.92. The molecule has 0 bridgehead atoms. The van der Waals surface area contributed by atoms with Gasteiger partial charge in [0.15, 0.2) is 0 Å². The number of hydrogen-bond acceptors (Lipinski definition) is 4. The van der Waals surface area contributed by atoms with Crippen molar-refractivity contribution in [3.05, 3.63) is 17.0 Å². The number of nitrogens with zero attached hydrogens (tertiary/aromatic N) is 1. The van der Waals surface area contributed by atoms with Crippen LogP contribution in [0.15, 0.2) is 4.90 Å². The lowest BCUT2D eigenvalue weighted by atomic mass is 10.2. The quantitative estimate of drug-likeness (QED) is 0.695. The number of carboxylic acids is 1. The summed E-state index contributed by atoms with van der Waals surface area (Å²) in [7, 11) is -1.82. The molecular formula is C13H23N3O4S. The van der Waals surface area contributed by atoms with E-state index >= 15 is 0 Å². The van der Waals surface area contributed by atoms with E-state index in [1.165, 1.54) is 6.92 Å². The van der Waals surface area contributed by atoms with E-state index in [4.69, 9.17) is 5.11 Å². The van der Waals surface area contributed by atoms with Gasteiger partial charge in [-0.15, -0.1) is 0 Å². The largest absolute Gasteiger partial charge is 0.477 e. The lowest BCUT2D eigenvalue weighted by molar-refractivity contribution is 0.0690. The molecule has 1 aromatic heterocycles. The maximum absolute atomic E-state index is 12.3. The molecule has 8 heteroatoms. The second kappa shape index (κ2) is 6.59. The van der Waals surface area contributed by atoms with Crippen molar-refractivity contribution in [1.82, 2.24) is 14.6 Å². The van der Waals surface area contributed by atoms with E-state index in [0.29, 0.717) is 18.3 Å². The first-order chi connectivity index (χ1) is 9.58. The van der Waals surface area contributed by atoms with Crippen LogP contribution in [0.2, 0.25) is 0 Å². The van der Waals surface area contributed by atoms with Gasteiger partial charge in [0.1, 0.15) is 10.6 Å². The number of likely N-dealkylation sites (N-methyl/N-ethyl adjacent to an activating group) is 1. The highest BCUT2D eigenvalue weighted by Crippen LogP contribution is 2.22. The molecule has 0 unspecified atom stereocenters. The number of carbonyl (C=O) groups is 1. The summed E-state index contributed by atoms with van der Waals surface area (Å²) in [5.74, 6) is -1.17. The second-order valence-corrected chi connectivity index (χ2v) is 7.06. The number of rotatable bonds is 7. The van der Waals surface area contributed by atoms with Gasteiger partial charge in [-0.2, -0.15) is 0 Å². The molecule has 0 radical (unpaired) electrons. The summed E-state index contributed by atoms with van der Waals surface area (Å²) in [4.78, 5) is 15.7. The molecule has 0 amide bonds. The van der Waals surface area contributed by atoms with Gasteiger partial charge in [-0.05, 0) is 34.7 Å². The monoisotopic (exact) mass is 317 g/mol. The van der Waals surface area contributed by atoms with E-state index < -0.39 is 16.0 Å². The summed E-state index contributed by atoms with van der Waals surface area (Å²) in [6.07, 6.45) is 0. The van der Waals surface area contributed by atoms with Gasteiger partial charge in [0.05, 0.1) is 0 Å². The normalized spacial score (nSPS) is 12.3. The predicted octanol–water partition coefficient (Wildman–Crippen LogP) is 0.948. The van der Waals surface area contributed by atoms with Gasteiger partial charge in [-0.3, -0.25) is 0 Å². The fraction of sp³-hybridized carbons (Fsp3) is 0.615. The molecule has 0 fully saturated rings. The second-order valence-electron chi connectivity index (χ2n) is 5.36. The summed E-state index contributed by atoms with van der Waals surface area (Å²) in [6, 6.07) is 0.323. The zero-order valence-corrected chi connectivity index (χ0v) is 13.8. The zero-order valence-electron chi connectivity index (χ0n) is 13.0. The van der Waals surface area contributed by atoms with E-state index in [1.807, 2.05) is 25.8 Å². The number of sulfonamides is 1. The maximum atomic E-state index is 12.3. The molecule has 0 spiro atoms. The molecule has 21 heavy (non-hydrogen) atoms. The number of aromatic amines is 1. The fourth-order valence-corrected chi connectivity index (χ4v) is 3.50. The van der Waals surface area contributed by atoms with Crippen LogP contribution in [0.25, 0.3) is 0 Å². The van der Waals surface area contributed by atoms with E-state index in [9.17, 15) is 13.2 Å². The van der Waals surface area contributed by atoms with Crippen LogP contribution in [-0.2, 0) is 10.0 Å². The number of hydrogen-bond donors (Lipinski definition) is 3. The van der Waals surface area contributed by atoms with Crippen LogP contribution in [0.5, 0.6) is 0 Å². The van der Waals surface area contributed by atoms with Gasteiger partial charge in [-0.1, -0.05) is 0 Å². The lowest BCUT2D eigenvalue weighted by Gasteiger charge is -2.20. The molecule has 0 aliphatic carbocycles. The molecule has 0 saturated heterocycles. The van der Waals surface area contributed by atoms with Crippen LogP contribution in [0.4, 0.5) is 0 Å². The highest BCUT2D eigenvalue weighted by Gasteiger charge is 2.26. The Morgan fingerprint density at radius 3 is 2.38 bits per heavy atom. The Kier molecular flexibility index (Phi) is 5.54. The van der Waals surface area contributed by atoms with Crippen LogP contribution < -0.4 is 4.72 Å². The molecule has 1 rings (SSSR count). The SMILES string of the molecule is Cc1[nH]c(C(=O)O)c(C)c1S(=O)(=O)NCCN(C)C(C)C. The number of nitrogens with one attached hydrogen (secondary N) is 2. The third-order valence-corrected chi connectivity index (χ3v) is 5.22.